The van der Waals surface area contributed by atoms with Crippen molar-refractivity contribution in [1.82, 2.24) is 0 Å². The number of hydrogen-bond acceptors (Lipinski definition) is 3. The van der Waals surface area contributed by atoms with Crippen molar-refractivity contribution >= 4 is 18.3 Å². The van der Waals surface area contributed by atoms with Crippen LogP contribution in [-0.4, -0.2) is 19.4 Å². The van der Waals surface area contributed by atoms with Crippen molar-refractivity contribution in [1.29, 1.82) is 0 Å². The quantitative estimate of drug-likeness (QED) is 0.432. The first kappa shape index (κ1) is 11.1. The first-order valence-electron chi connectivity index (χ1n) is 4.18. The number of benzene rings is 1. The molecule has 0 unspecified atom stereocenters. The molecule has 0 atom stereocenters. The fraction of sp³-hybridized carbons (Fsp3) is 0.0909. The van der Waals surface area contributed by atoms with Crippen LogP contribution < -0.4 is 0 Å². The van der Waals surface area contributed by atoms with Gasteiger partial charge in [-0.25, -0.2) is 9.18 Å². The molecule has 1 aromatic rings. The molecule has 3 nitrogen and oxygen atoms in total. The summed E-state index contributed by atoms with van der Waals surface area (Å²) in [5.74, 6) is -1.17. The number of aldehydes is 1. The second kappa shape index (κ2) is 5.05. The molecule has 0 saturated carbocycles. The van der Waals surface area contributed by atoms with Gasteiger partial charge in [-0.1, -0.05) is 12.1 Å². The zero-order valence-electron chi connectivity index (χ0n) is 8.07. The van der Waals surface area contributed by atoms with Crippen molar-refractivity contribution in [3.63, 3.8) is 0 Å². The van der Waals surface area contributed by atoms with Gasteiger partial charge in [-0.3, -0.25) is 4.79 Å². The van der Waals surface area contributed by atoms with Gasteiger partial charge < -0.3 is 4.74 Å². The van der Waals surface area contributed by atoms with Crippen molar-refractivity contribution in [3.05, 3.63) is 41.2 Å². The Bertz CT molecular complexity index is 410. The summed E-state index contributed by atoms with van der Waals surface area (Å²) in [6.07, 6.45) is 2.87. The number of ether oxygens (including phenoxy) is 1. The molecule has 15 heavy (non-hydrogen) atoms. The van der Waals surface area contributed by atoms with E-state index in [1.165, 1.54) is 31.4 Å². The molecule has 0 spiro atoms. The lowest BCUT2D eigenvalue weighted by atomic mass is 10.1. The number of rotatable bonds is 3. The normalized spacial score (nSPS) is 10.3. The molecule has 78 valence electrons. The minimum absolute atomic E-state index is 0.0716. The van der Waals surface area contributed by atoms with Gasteiger partial charge in [-0.15, -0.1) is 0 Å². The monoisotopic (exact) mass is 208 g/mol. The molecule has 0 aromatic heterocycles. The van der Waals surface area contributed by atoms with Crippen molar-refractivity contribution < 1.29 is 18.7 Å². The summed E-state index contributed by atoms with van der Waals surface area (Å²) in [4.78, 5) is 21.4. The number of esters is 1. The highest BCUT2D eigenvalue weighted by molar-refractivity contribution is 5.90. The van der Waals surface area contributed by atoms with Crippen LogP contribution in [0.4, 0.5) is 4.39 Å². The van der Waals surface area contributed by atoms with Crippen LogP contribution in [0.5, 0.6) is 0 Å². The summed E-state index contributed by atoms with van der Waals surface area (Å²) in [6, 6.07) is 4.17. The molecular weight excluding hydrogens is 199 g/mol. The van der Waals surface area contributed by atoms with E-state index in [1.807, 2.05) is 0 Å². The first-order chi connectivity index (χ1) is 7.19. The summed E-state index contributed by atoms with van der Waals surface area (Å²) in [6.45, 7) is 0. The van der Waals surface area contributed by atoms with Gasteiger partial charge in [-0.2, -0.15) is 0 Å². The van der Waals surface area contributed by atoms with E-state index in [9.17, 15) is 14.0 Å². The highest BCUT2D eigenvalue weighted by Gasteiger charge is 2.04. The summed E-state index contributed by atoms with van der Waals surface area (Å²) in [5, 5.41) is 0. The van der Waals surface area contributed by atoms with Gasteiger partial charge in [-0.05, 0) is 17.7 Å². The molecule has 0 aliphatic heterocycles. The summed E-state index contributed by atoms with van der Waals surface area (Å²) < 4.78 is 17.4. The standard InChI is InChI=1S/C11H9FO3/c1-15-11(14)6-5-8-3-2-4-10(12)9(8)7-13/h2-7H,1H3. The minimum Gasteiger partial charge on any atom is -0.466 e. The molecule has 0 heterocycles. The van der Waals surface area contributed by atoms with E-state index in [2.05, 4.69) is 4.74 Å². The molecule has 0 radical (unpaired) electrons. The molecule has 0 fully saturated rings. The summed E-state index contributed by atoms with van der Waals surface area (Å²) in [5.41, 5.74) is 0.271. The Kier molecular flexibility index (Phi) is 3.74. The predicted octanol–water partition coefficient (Wildman–Crippen LogP) is 1.82. The second-order valence-electron chi connectivity index (χ2n) is 2.72. The van der Waals surface area contributed by atoms with E-state index in [4.69, 9.17) is 0 Å². The second-order valence-corrected chi connectivity index (χ2v) is 2.72. The lowest BCUT2D eigenvalue weighted by molar-refractivity contribution is -0.134. The van der Waals surface area contributed by atoms with Crippen LogP contribution in [0.2, 0.25) is 0 Å². The fourth-order valence-electron chi connectivity index (χ4n) is 1.05. The molecule has 0 bridgehead atoms. The highest BCUT2D eigenvalue weighted by atomic mass is 19.1. The summed E-state index contributed by atoms with van der Waals surface area (Å²) in [7, 11) is 1.24. The van der Waals surface area contributed by atoms with Crippen LogP contribution in [0.1, 0.15) is 15.9 Å². The third-order valence-corrected chi connectivity index (χ3v) is 1.80. The molecule has 4 heteroatoms. The van der Waals surface area contributed by atoms with Crippen LogP contribution in [0.3, 0.4) is 0 Å². The zero-order valence-corrected chi connectivity index (χ0v) is 8.07. The Morgan fingerprint density at radius 1 is 1.47 bits per heavy atom. The lowest BCUT2D eigenvalue weighted by Crippen LogP contribution is -1.95. The Morgan fingerprint density at radius 3 is 2.80 bits per heavy atom. The minimum atomic E-state index is -0.614. The Labute approximate surface area is 86.2 Å². The number of hydrogen-bond donors (Lipinski definition) is 0. The smallest absolute Gasteiger partial charge is 0.330 e. The van der Waals surface area contributed by atoms with Crippen LogP contribution >= 0.6 is 0 Å². The fourth-order valence-corrected chi connectivity index (χ4v) is 1.05. The lowest BCUT2D eigenvalue weighted by Gasteiger charge is -1.99. The zero-order chi connectivity index (χ0) is 11.3. The molecule has 1 rings (SSSR count). The van der Waals surface area contributed by atoms with Crippen molar-refractivity contribution in [2.24, 2.45) is 0 Å². The van der Waals surface area contributed by atoms with Gasteiger partial charge >= 0.3 is 5.97 Å². The van der Waals surface area contributed by atoms with Gasteiger partial charge in [0.25, 0.3) is 0 Å². The van der Waals surface area contributed by atoms with E-state index in [0.29, 0.717) is 11.8 Å². The van der Waals surface area contributed by atoms with Gasteiger partial charge in [0.2, 0.25) is 0 Å². The first-order valence-corrected chi connectivity index (χ1v) is 4.18. The highest BCUT2D eigenvalue weighted by Crippen LogP contribution is 2.12. The maximum absolute atomic E-state index is 13.1. The third-order valence-electron chi connectivity index (χ3n) is 1.80. The summed E-state index contributed by atoms with van der Waals surface area (Å²) >= 11 is 0. The molecule has 0 aliphatic rings. The Morgan fingerprint density at radius 2 is 2.20 bits per heavy atom. The van der Waals surface area contributed by atoms with Crippen molar-refractivity contribution in [2.75, 3.05) is 7.11 Å². The maximum atomic E-state index is 13.1. The maximum Gasteiger partial charge on any atom is 0.330 e. The number of methoxy groups -OCH3 is 1. The number of halogens is 1. The molecular formula is C11H9FO3. The molecule has 0 aliphatic carbocycles. The van der Waals surface area contributed by atoms with Gasteiger partial charge in [0.05, 0.1) is 12.7 Å². The van der Waals surface area contributed by atoms with Crippen LogP contribution in [-0.2, 0) is 9.53 Å². The van der Waals surface area contributed by atoms with Gasteiger partial charge in [0.15, 0.2) is 6.29 Å². The van der Waals surface area contributed by atoms with Crippen molar-refractivity contribution in [3.8, 4) is 0 Å². The average Bonchev–Trinajstić information content (AvgIpc) is 2.25. The number of carbonyl (C=O) groups is 2. The Balaban J connectivity index is 3.04. The van der Waals surface area contributed by atoms with E-state index in [-0.39, 0.29) is 5.56 Å². The SMILES string of the molecule is COC(=O)C=Cc1cccc(F)c1C=O. The Hall–Kier alpha value is -1.97. The van der Waals surface area contributed by atoms with Crippen LogP contribution in [0.25, 0.3) is 6.08 Å². The van der Waals surface area contributed by atoms with Crippen LogP contribution in [0.15, 0.2) is 24.3 Å². The molecule has 0 saturated heterocycles. The average molecular weight is 208 g/mol. The molecule has 0 N–H and O–H groups in total. The van der Waals surface area contributed by atoms with E-state index in [0.717, 1.165) is 6.08 Å². The number of carbonyl (C=O) groups excluding carboxylic acids is 2. The van der Waals surface area contributed by atoms with Gasteiger partial charge in [0, 0.05) is 6.08 Å². The molecule has 0 amide bonds. The van der Waals surface area contributed by atoms with Crippen molar-refractivity contribution in [2.45, 2.75) is 0 Å². The van der Waals surface area contributed by atoms with Crippen LogP contribution in [0, 0.1) is 5.82 Å². The predicted molar refractivity (Wildman–Crippen MR) is 52.8 cm³/mol. The van der Waals surface area contributed by atoms with Gasteiger partial charge in [0.1, 0.15) is 5.82 Å². The van der Waals surface area contributed by atoms with E-state index in [1.54, 1.807) is 0 Å². The topological polar surface area (TPSA) is 43.4 Å². The van der Waals surface area contributed by atoms with E-state index < -0.39 is 11.8 Å². The third kappa shape index (κ3) is 2.74. The van der Waals surface area contributed by atoms with E-state index >= 15 is 0 Å². The largest absolute Gasteiger partial charge is 0.466 e. The molecule has 1 aromatic carbocycles.